The zero-order chi connectivity index (χ0) is 17.9. The molecule has 0 aromatic carbocycles. The molecule has 0 bridgehead atoms. The third-order valence-electron chi connectivity index (χ3n) is 4.97. The normalized spacial score (nSPS) is 26.9. The first-order valence-electron chi connectivity index (χ1n) is 9.40. The second-order valence-corrected chi connectivity index (χ2v) is 7.27. The fourth-order valence-electron chi connectivity index (χ4n) is 3.37. The summed E-state index contributed by atoms with van der Waals surface area (Å²) in [5.41, 5.74) is 0. The Morgan fingerprint density at radius 2 is 1.67 bits per heavy atom. The SMILES string of the molecule is C[C@@H]1N[C@H](CC[C@H](O)CCCCCC[C@@H](O)CC(=O)O)CC[C@H]1O. The molecule has 6 nitrogen and oxygen atoms in total. The molecular formula is C18H35NO5. The van der Waals surface area contributed by atoms with Crippen LogP contribution < -0.4 is 5.32 Å². The van der Waals surface area contributed by atoms with E-state index in [-0.39, 0.29) is 24.7 Å². The maximum absolute atomic E-state index is 10.4. The van der Waals surface area contributed by atoms with E-state index < -0.39 is 12.1 Å². The van der Waals surface area contributed by atoms with Crippen molar-refractivity contribution in [1.82, 2.24) is 5.32 Å². The molecule has 0 unspecified atom stereocenters. The number of carbonyl (C=O) groups is 1. The summed E-state index contributed by atoms with van der Waals surface area (Å²) < 4.78 is 0. The van der Waals surface area contributed by atoms with Crippen LogP contribution in [0.15, 0.2) is 0 Å². The third-order valence-corrected chi connectivity index (χ3v) is 4.97. The van der Waals surface area contributed by atoms with Crippen LogP contribution in [0.4, 0.5) is 0 Å². The Bertz CT molecular complexity index is 352. The fourth-order valence-corrected chi connectivity index (χ4v) is 3.37. The number of aliphatic hydroxyl groups excluding tert-OH is 3. The van der Waals surface area contributed by atoms with E-state index in [0.29, 0.717) is 12.5 Å². The van der Waals surface area contributed by atoms with Crippen LogP contribution in [0.5, 0.6) is 0 Å². The summed E-state index contributed by atoms with van der Waals surface area (Å²) in [6, 6.07) is 0.533. The monoisotopic (exact) mass is 345 g/mol. The van der Waals surface area contributed by atoms with E-state index in [2.05, 4.69) is 5.32 Å². The molecule has 1 fully saturated rings. The first kappa shape index (κ1) is 21.4. The zero-order valence-electron chi connectivity index (χ0n) is 14.9. The Kier molecular flexibility index (Phi) is 10.5. The van der Waals surface area contributed by atoms with Gasteiger partial charge in [0.05, 0.1) is 24.7 Å². The highest BCUT2D eigenvalue weighted by molar-refractivity contribution is 5.67. The molecule has 0 spiro atoms. The van der Waals surface area contributed by atoms with Gasteiger partial charge in [0.25, 0.3) is 0 Å². The number of nitrogens with one attached hydrogen (secondary N) is 1. The van der Waals surface area contributed by atoms with Gasteiger partial charge >= 0.3 is 5.97 Å². The van der Waals surface area contributed by atoms with Gasteiger partial charge in [-0.05, 0) is 45.4 Å². The molecule has 0 radical (unpaired) electrons. The summed E-state index contributed by atoms with van der Waals surface area (Å²) in [6.45, 7) is 2.00. The summed E-state index contributed by atoms with van der Waals surface area (Å²) in [6.07, 6.45) is 7.18. The average molecular weight is 345 g/mol. The quantitative estimate of drug-likeness (QED) is 0.345. The molecule has 0 aromatic rings. The molecule has 0 aromatic heterocycles. The number of piperidine rings is 1. The number of carboxylic acid groups (broad SMARTS) is 1. The Balaban J connectivity index is 1.96. The molecule has 0 amide bonds. The Hall–Kier alpha value is -0.690. The smallest absolute Gasteiger partial charge is 0.305 e. The molecule has 6 heteroatoms. The number of hydrogen-bond donors (Lipinski definition) is 5. The zero-order valence-corrected chi connectivity index (χ0v) is 14.9. The lowest BCUT2D eigenvalue weighted by Gasteiger charge is -2.33. The maximum atomic E-state index is 10.4. The first-order chi connectivity index (χ1) is 11.4. The van der Waals surface area contributed by atoms with E-state index in [9.17, 15) is 20.1 Å². The van der Waals surface area contributed by atoms with Crippen LogP contribution in [0.1, 0.15) is 77.6 Å². The number of aliphatic carboxylic acids is 1. The van der Waals surface area contributed by atoms with Crippen molar-refractivity contribution in [2.24, 2.45) is 0 Å². The molecule has 5 N–H and O–H groups in total. The number of hydrogen-bond acceptors (Lipinski definition) is 5. The maximum Gasteiger partial charge on any atom is 0.305 e. The lowest BCUT2D eigenvalue weighted by Crippen LogP contribution is -2.48. The highest BCUT2D eigenvalue weighted by Gasteiger charge is 2.25. The van der Waals surface area contributed by atoms with E-state index >= 15 is 0 Å². The molecule has 0 aliphatic carbocycles. The number of carboxylic acids is 1. The van der Waals surface area contributed by atoms with E-state index in [4.69, 9.17) is 5.11 Å². The number of unbranched alkanes of at least 4 members (excludes halogenated alkanes) is 3. The second kappa shape index (κ2) is 11.8. The van der Waals surface area contributed by atoms with Gasteiger partial charge in [0.2, 0.25) is 0 Å². The lowest BCUT2D eigenvalue weighted by atomic mass is 9.92. The van der Waals surface area contributed by atoms with Gasteiger partial charge in [-0.1, -0.05) is 25.7 Å². The van der Waals surface area contributed by atoms with Crippen molar-refractivity contribution in [1.29, 1.82) is 0 Å². The van der Waals surface area contributed by atoms with Crippen molar-refractivity contribution >= 4 is 5.97 Å². The molecule has 24 heavy (non-hydrogen) atoms. The molecule has 1 rings (SSSR count). The van der Waals surface area contributed by atoms with Crippen LogP contribution >= 0.6 is 0 Å². The Labute approximate surface area is 145 Å². The van der Waals surface area contributed by atoms with Crippen molar-refractivity contribution in [3.8, 4) is 0 Å². The molecule has 1 saturated heterocycles. The third kappa shape index (κ3) is 9.57. The van der Waals surface area contributed by atoms with Gasteiger partial charge in [0.15, 0.2) is 0 Å². The van der Waals surface area contributed by atoms with Crippen molar-refractivity contribution in [3.05, 3.63) is 0 Å². The van der Waals surface area contributed by atoms with Crippen LogP contribution in [0.3, 0.4) is 0 Å². The van der Waals surface area contributed by atoms with Gasteiger partial charge in [0.1, 0.15) is 0 Å². The molecule has 1 aliphatic heterocycles. The van der Waals surface area contributed by atoms with Crippen LogP contribution in [-0.4, -0.2) is 56.8 Å². The van der Waals surface area contributed by atoms with Crippen LogP contribution in [0.2, 0.25) is 0 Å². The van der Waals surface area contributed by atoms with Gasteiger partial charge in [-0.25, -0.2) is 0 Å². The van der Waals surface area contributed by atoms with Gasteiger partial charge in [-0.15, -0.1) is 0 Å². The summed E-state index contributed by atoms with van der Waals surface area (Å²) in [5, 5.41) is 41.1. The number of rotatable bonds is 12. The standard InChI is InChI=1S/C18H35NO5/c1-13-17(22)11-9-14(19-13)8-10-15(20)6-4-2-3-5-7-16(21)12-18(23)24/h13-17,19-22H,2-12H2,1H3,(H,23,24)/t13-,14+,15+,16+,17+/m0/s1. The first-order valence-corrected chi connectivity index (χ1v) is 9.40. The Morgan fingerprint density at radius 3 is 2.25 bits per heavy atom. The van der Waals surface area contributed by atoms with Gasteiger partial charge < -0.3 is 25.7 Å². The van der Waals surface area contributed by atoms with E-state index in [0.717, 1.165) is 57.8 Å². The minimum atomic E-state index is -0.956. The molecule has 0 saturated carbocycles. The predicted octanol–water partition coefficient (Wildman–Crippen LogP) is 1.81. The molecule has 1 aliphatic rings. The summed E-state index contributed by atoms with van der Waals surface area (Å²) in [4.78, 5) is 10.4. The van der Waals surface area contributed by atoms with Crippen LogP contribution in [0, 0.1) is 0 Å². The topological polar surface area (TPSA) is 110 Å². The lowest BCUT2D eigenvalue weighted by molar-refractivity contribution is -0.139. The van der Waals surface area contributed by atoms with Crippen molar-refractivity contribution in [2.75, 3.05) is 0 Å². The average Bonchev–Trinajstić information content (AvgIpc) is 2.51. The molecule has 1 heterocycles. The van der Waals surface area contributed by atoms with E-state index in [1.165, 1.54) is 0 Å². The minimum absolute atomic E-state index is 0.136. The van der Waals surface area contributed by atoms with Crippen molar-refractivity contribution < 1.29 is 25.2 Å². The summed E-state index contributed by atoms with van der Waals surface area (Å²) in [7, 11) is 0. The van der Waals surface area contributed by atoms with E-state index in [1.807, 2.05) is 6.92 Å². The van der Waals surface area contributed by atoms with Crippen LogP contribution in [-0.2, 0) is 4.79 Å². The fraction of sp³-hybridized carbons (Fsp3) is 0.944. The van der Waals surface area contributed by atoms with Crippen molar-refractivity contribution in [2.45, 2.75) is 108 Å². The minimum Gasteiger partial charge on any atom is -0.481 e. The van der Waals surface area contributed by atoms with Crippen molar-refractivity contribution in [3.63, 3.8) is 0 Å². The summed E-state index contributed by atoms with van der Waals surface area (Å²) in [5.74, 6) is -0.956. The number of aliphatic hydroxyl groups is 3. The molecular weight excluding hydrogens is 310 g/mol. The highest BCUT2D eigenvalue weighted by atomic mass is 16.4. The second-order valence-electron chi connectivity index (χ2n) is 7.27. The molecule has 5 atom stereocenters. The van der Waals surface area contributed by atoms with Gasteiger partial charge in [-0.3, -0.25) is 4.79 Å². The van der Waals surface area contributed by atoms with Gasteiger partial charge in [-0.2, -0.15) is 0 Å². The molecule has 142 valence electrons. The Morgan fingerprint density at radius 1 is 1.04 bits per heavy atom. The van der Waals surface area contributed by atoms with Gasteiger partial charge in [0, 0.05) is 12.1 Å². The predicted molar refractivity (Wildman–Crippen MR) is 92.8 cm³/mol. The van der Waals surface area contributed by atoms with Crippen LogP contribution in [0.25, 0.3) is 0 Å². The highest BCUT2D eigenvalue weighted by Crippen LogP contribution is 2.19. The van der Waals surface area contributed by atoms with E-state index in [1.54, 1.807) is 0 Å². The largest absolute Gasteiger partial charge is 0.481 e. The summed E-state index contributed by atoms with van der Waals surface area (Å²) >= 11 is 0.